The van der Waals surface area contributed by atoms with Gasteiger partial charge in [0, 0.05) is 25.3 Å². The number of methoxy groups -OCH3 is 1. The van der Waals surface area contributed by atoms with Gasteiger partial charge in [0.1, 0.15) is 0 Å². The van der Waals surface area contributed by atoms with E-state index in [1.807, 2.05) is 0 Å². The average Bonchev–Trinajstić information content (AvgIpc) is 2.49. The molecule has 0 amide bonds. The average molecular weight is 294 g/mol. The molecule has 6 nitrogen and oxygen atoms in total. The number of nitro benzene ring substituents is 1. The topological polar surface area (TPSA) is 75.8 Å². The number of rotatable bonds is 6. The van der Waals surface area contributed by atoms with Gasteiger partial charge in [-0.2, -0.15) is 0 Å². The first-order chi connectivity index (χ1) is 10.2. The zero-order chi connectivity index (χ0) is 15.2. The van der Waals surface area contributed by atoms with Gasteiger partial charge >= 0.3 is 5.69 Å². The Bertz CT molecular complexity index is 491. The van der Waals surface area contributed by atoms with Crippen molar-refractivity contribution >= 4 is 5.69 Å². The van der Waals surface area contributed by atoms with Gasteiger partial charge in [-0.3, -0.25) is 15.0 Å². The van der Waals surface area contributed by atoms with E-state index in [2.05, 4.69) is 4.90 Å². The van der Waals surface area contributed by atoms with E-state index in [1.54, 1.807) is 12.1 Å². The molecule has 1 N–H and O–H groups in total. The standard InChI is InChI=1S/C15H22N2O4/c1-21-15-10-12(5-6-14(15)17(19)20)11-16-8-3-2-4-13(16)7-9-18/h5-6,10,13,18H,2-4,7-9,11H2,1H3. The molecule has 1 saturated heterocycles. The van der Waals surface area contributed by atoms with E-state index in [-0.39, 0.29) is 12.3 Å². The van der Waals surface area contributed by atoms with Gasteiger partial charge in [-0.15, -0.1) is 0 Å². The van der Waals surface area contributed by atoms with Crippen molar-refractivity contribution in [2.75, 3.05) is 20.3 Å². The molecule has 1 aromatic carbocycles. The Morgan fingerprint density at radius 1 is 1.48 bits per heavy atom. The highest BCUT2D eigenvalue weighted by Crippen LogP contribution is 2.29. The molecule has 0 aromatic heterocycles. The smallest absolute Gasteiger partial charge is 0.310 e. The van der Waals surface area contributed by atoms with Crippen molar-refractivity contribution in [1.29, 1.82) is 0 Å². The van der Waals surface area contributed by atoms with E-state index in [1.165, 1.54) is 19.6 Å². The third-order valence-electron chi connectivity index (χ3n) is 4.04. The van der Waals surface area contributed by atoms with Gasteiger partial charge in [-0.25, -0.2) is 0 Å². The van der Waals surface area contributed by atoms with Gasteiger partial charge in [0.05, 0.1) is 12.0 Å². The van der Waals surface area contributed by atoms with Crippen LogP contribution in [0, 0.1) is 10.1 Å². The molecule has 1 unspecified atom stereocenters. The van der Waals surface area contributed by atoms with Crippen LogP contribution in [0.4, 0.5) is 5.69 Å². The van der Waals surface area contributed by atoms with Gasteiger partial charge in [0.15, 0.2) is 5.75 Å². The number of nitrogens with zero attached hydrogens (tertiary/aromatic N) is 2. The van der Waals surface area contributed by atoms with E-state index < -0.39 is 4.92 Å². The normalized spacial score (nSPS) is 19.4. The van der Waals surface area contributed by atoms with E-state index in [9.17, 15) is 10.1 Å². The van der Waals surface area contributed by atoms with Crippen LogP contribution in [0.2, 0.25) is 0 Å². The molecular weight excluding hydrogens is 272 g/mol. The van der Waals surface area contributed by atoms with Crippen molar-refractivity contribution in [1.82, 2.24) is 4.90 Å². The van der Waals surface area contributed by atoms with Crippen LogP contribution in [0.5, 0.6) is 5.75 Å². The van der Waals surface area contributed by atoms with Crippen LogP contribution in [0.25, 0.3) is 0 Å². The summed E-state index contributed by atoms with van der Waals surface area (Å²) in [6, 6.07) is 5.41. The van der Waals surface area contributed by atoms with Crippen LogP contribution < -0.4 is 4.74 Å². The Balaban J connectivity index is 2.12. The fraction of sp³-hybridized carbons (Fsp3) is 0.600. The van der Waals surface area contributed by atoms with Gasteiger partial charge in [-0.1, -0.05) is 12.5 Å². The van der Waals surface area contributed by atoms with Crippen molar-refractivity contribution in [3.8, 4) is 5.75 Å². The Hall–Kier alpha value is -1.66. The van der Waals surface area contributed by atoms with Gasteiger partial charge in [0.25, 0.3) is 0 Å². The lowest BCUT2D eigenvalue weighted by atomic mass is 9.98. The van der Waals surface area contributed by atoms with Crippen molar-refractivity contribution in [3.05, 3.63) is 33.9 Å². The Labute approximate surface area is 124 Å². The summed E-state index contributed by atoms with van der Waals surface area (Å²) in [6.45, 7) is 1.94. The minimum Gasteiger partial charge on any atom is -0.490 e. The Morgan fingerprint density at radius 2 is 2.29 bits per heavy atom. The molecule has 21 heavy (non-hydrogen) atoms. The largest absolute Gasteiger partial charge is 0.490 e. The first-order valence-corrected chi connectivity index (χ1v) is 7.32. The molecule has 6 heteroatoms. The molecule has 1 aromatic rings. The molecule has 0 radical (unpaired) electrons. The van der Waals surface area contributed by atoms with Crippen LogP contribution in [0.15, 0.2) is 18.2 Å². The second-order valence-electron chi connectivity index (χ2n) is 5.40. The van der Waals surface area contributed by atoms with Crippen molar-refractivity contribution in [2.24, 2.45) is 0 Å². The third kappa shape index (κ3) is 3.92. The highest BCUT2D eigenvalue weighted by Gasteiger charge is 2.23. The molecule has 1 atom stereocenters. The lowest BCUT2D eigenvalue weighted by molar-refractivity contribution is -0.385. The summed E-state index contributed by atoms with van der Waals surface area (Å²) in [5.74, 6) is 0.299. The summed E-state index contributed by atoms with van der Waals surface area (Å²) in [5.41, 5.74) is 0.995. The van der Waals surface area contributed by atoms with Crippen LogP contribution in [0.1, 0.15) is 31.2 Å². The van der Waals surface area contributed by atoms with Crippen LogP contribution in [-0.4, -0.2) is 41.2 Å². The number of piperidine rings is 1. The summed E-state index contributed by atoms with van der Waals surface area (Å²) in [4.78, 5) is 12.8. The molecule has 0 spiro atoms. The van der Waals surface area contributed by atoms with Gasteiger partial charge < -0.3 is 9.84 Å². The number of nitro groups is 1. The maximum atomic E-state index is 10.9. The number of aliphatic hydroxyl groups excluding tert-OH is 1. The van der Waals surface area contributed by atoms with Crippen LogP contribution in [0.3, 0.4) is 0 Å². The minimum atomic E-state index is -0.432. The zero-order valence-electron chi connectivity index (χ0n) is 12.3. The molecule has 1 aliphatic heterocycles. The fourth-order valence-corrected chi connectivity index (χ4v) is 2.95. The highest BCUT2D eigenvalue weighted by atomic mass is 16.6. The number of hydrogen-bond donors (Lipinski definition) is 1. The quantitative estimate of drug-likeness (QED) is 0.644. The molecule has 116 valence electrons. The molecule has 1 heterocycles. The number of likely N-dealkylation sites (tertiary alicyclic amines) is 1. The van der Waals surface area contributed by atoms with E-state index in [4.69, 9.17) is 9.84 Å². The summed E-state index contributed by atoms with van der Waals surface area (Å²) in [5, 5.41) is 20.1. The maximum Gasteiger partial charge on any atom is 0.310 e. The minimum absolute atomic E-state index is 0.00759. The Morgan fingerprint density at radius 3 is 2.95 bits per heavy atom. The number of ether oxygens (including phenoxy) is 1. The van der Waals surface area contributed by atoms with Crippen molar-refractivity contribution in [3.63, 3.8) is 0 Å². The van der Waals surface area contributed by atoms with E-state index in [0.29, 0.717) is 11.8 Å². The Kier molecular flexibility index (Phi) is 5.52. The van der Waals surface area contributed by atoms with E-state index in [0.717, 1.165) is 37.9 Å². The van der Waals surface area contributed by atoms with E-state index >= 15 is 0 Å². The maximum absolute atomic E-state index is 10.9. The second kappa shape index (κ2) is 7.38. The molecule has 0 bridgehead atoms. The molecular formula is C15H22N2O4. The van der Waals surface area contributed by atoms with Crippen LogP contribution >= 0.6 is 0 Å². The summed E-state index contributed by atoms with van der Waals surface area (Å²) >= 11 is 0. The first-order valence-electron chi connectivity index (χ1n) is 7.32. The van der Waals surface area contributed by atoms with Crippen molar-refractivity contribution in [2.45, 2.75) is 38.3 Å². The molecule has 2 rings (SSSR count). The first kappa shape index (κ1) is 15.7. The van der Waals surface area contributed by atoms with Crippen LogP contribution in [-0.2, 0) is 6.54 Å². The fourth-order valence-electron chi connectivity index (χ4n) is 2.95. The summed E-state index contributed by atoms with van der Waals surface area (Å²) in [6.07, 6.45) is 4.24. The van der Waals surface area contributed by atoms with Gasteiger partial charge in [0.2, 0.25) is 0 Å². The third-order valence-corrected chi connectivity index (χ3v) is 4.04. The lowest BCUT2D eigenvalue weighted by Crippen LogP contribution is -2.39. The predicted molar refractivity (Wildman–Crippen MR) is 79.4 cm³/mol. The zero-order valence-corrected chi connectivity index (χ0v) is 12.3. The summed E-state index contributed by atoms with van der Waals surface area (Å²) < 4.78 is 5.11. The number of aliphatic hydroxyl groups is 1. The molecule has 1 aliphatic rings. The number of hydrogen-bond acceptors (Lipinski definition) is 5. The second-order valence-corrected chi connectivity index (χ2v) is 5.40. The van der Waals surface area contributed by atoms with Crippen molar-refractivity contribution < 1.29 is 14.8 Å². The SMILES string of the molecule is COc1cc(CN2CCCCC2CCO)ccc1[N+](=O)[O-]. The molecule has 0 saturated carbocycles. The predicted octanol–water partition coefficient (Wildman–Crippen LogP) is 2.34. The highest BCUT2D eigenvalue weighted by molar-refractivity contribution is 5.48. The van der Waals surface area contributed by atoms with Gasteiger partial charge in [-0.05, 0) is 37.4 Å². The lowest BCUT2D eigenvalue weighted by Gasteiger charge is -2.35. The number of benzene rings is 1. The summed E-state index contributed by atoms with van der Waals surface area (Å²) in [7, 11) is 1.45. The molecule has 1 fully saturated rings. The monoisotopic (exact) mass is 294 g/mol. The molecule has 0 aliphatic carbocycles.